The van der Waals surface area contributed by atoms with Gasteiger partial charge in [0.25, 0.3) is 5.91 Å². The van der Waals surface area contributed by atoms with Gasteiger partial charge < -0.3 is 10.4 Å². The molecule has 1 atom stereocenters. The molecule has 0 bridgehead atoms. The molecule has 0 aromatic heterocycles. The Bertz CT molecular complexity index is 566. The fourth-order valence-corrected chi connectivity index (χ4v) is 2.12. The van der Waals surface area contributed by atoms with Crippen LogP contribution in [-0.2, 0) is 0 Å². The lowest BCUT2D eigenvalue weighted by Gasteiger charge is -2.14. The van der Waals surface area contributed by atoms with Crippen LogP contribution in [0.5, 0.6) is 0 Å². The number of hydrogen-bond acceptors (Lipinski definition) is 2. The van der Waals surface area contributed by atoms with E-state index in [1.54, 1.807) is 0 Å². The maximum absolute atomic E-state index is 12.3. The first-order valence-electron chi connectivity index (χ1n) is 6.78. The molecular weight excluding hydrogens is 250 g/mol. The van der Waals surface area contributed by atoms with Crippen molar-refractivity contribution in [2.45, 2.75) is 19.4 Å². The first-order valence-corrected chi connectivity index (χ1v) is 6.78. The Balaban J connectivity index is 2.26. The van der Waals surface area contributed by atoms with Crippen molar-refractivity contribution < 1.29 is 9.90 Å². The second kappa shape index (κ2) is 6.87. The number of carbonyl (C=O) groups is 1. The van der Waals surface area contributed by atoms with E-state index >= 15 is 0 Å². The van der Waals surface area contributed by atoms with Crippen molar-refractivity contribution in [2.24, 2.45) is 0 Å². The quantitative estimate of drug-likeness (QED) is 0.877. The number of nitrogens with one attached hydrogen (secondary N) is 1. The Labute approximate surface area is 119 Å². The minimum absolute atomic E-state index is 0.0451. The molecule has 3 nitrogen and oxygen atoms in total. The fraction of sp³-hybridized carbons (Fsp3) is 0.235. The first kappa shape index (κ1) is 14.3. The van der Waals surface area contributed by atoms with Crippen LogP contribution >= 0.6 is 0 Å². The lowest BCUT2D eigenvalue weighted by atomic mass is 9.99. The van der Waals surface area contributed by atoms with Gasteiger partial charge in [0, 0.05) is 18.2 Å². The van der Waals surface area contributed by atoms with Crippen molar-refractivity contribution in [1.29, 1.82) is 0 Å². The van der Waals surface area contributed by atoms with Gasteiger partial charge in [0.1, 0.15) is 0 Å². The molecule has 0 fully saturated rings. The summed E-state index contributed by atoms with van der Waals surface area (Å²) in [4.78, 5) is 12.3. The highest BCUT2D eigenvalue weighted by molar-refractivity contribution is 6.01. The van der Waals surface area contributed by atoms with Gasteiger partial charge in [-0.1, -0.05) is 48.5 Å². The molecule has 0 saturated carbocycles. The van der Waals surface area contributed by atoms with E-state index in [1.165, 1.54) is 0 Å². The lowest BCUT2D eigenvalue weighted by Crippen LogP contribution is -2.33. The van der Waals surface area contributed by atoms with Gasteiger partial charge in [0.15, 0.2) is 0 Å². The minimum atomic E-state index is -0.106. The topological polar surface area (TPSA) is 49.3 Å². The first-order chi connectivity index (χ1) is 9.72. The van der Waals surface area contributed by atoms with E-state index in [2.05, 4.69) is 5.32 Å². The zero-order valence-corrected chi connectivity index (χ0v) is 11.5. The summed E-state index contributed by atoms with van der Waals surface area (Å²) in [6.07, 6.45) is 0.555. The molecule has 0 spiro atoms. The standard InChI is InChI=1S/C17H19NO2/c1-13(11-12-19)18-17(20)16-10-6-5-9-15(16)14-7-3-2-4-8-14/h2-10,13,19H,11-12H2,1H3,(H,18,20). The molecule has 1 unspecified atom stereocenters. The Morgan fingerprint density at radius 3 is 2.45 bits per heavy atom. The summed E-state index contributed by atoms with van der Waals surface area (Å²) in [5.41, 5.74) is 2.60. The van der Waals surface area contributed by atoms with E-state index in [-0.39, 0.29) is 18.6 Å². The van der Waals surface area contributed by atoms with Gasteiger partial charge in [-0.05, 0) is 30.5 Å². The maximum Gasteiger partial charge on any atom is 0.252 e. The van der Waals surface area contributed by atoms with Crippen LogP contribution in [0.4, 0.5) is 0 Å². The van der Waals surface area contributed by atoms with Crippen LogP contribution < -0.4 is 5.32 Å². The van der Waals surface area contributed by atoms with Crippen LogP contribution in [0.3, 0.4) is 0 Å². The summed E-state index contributed by atoms with van der Waals surface area (Å²) >= 11 is 0. The van der Waals surface area contributed by atoms with Crippen molar-refractivity contribution in [2.75, 3.05) is 6.61 Å². The molecule has 1 amide bonds. The van der Waals surface area contributed by atoms with E-state index in [1.807, 2.05) is 61.5 Å². The third-order valence-electron chi connectivity index (χ3n) is 3.20. The number of carbonyl (C=O) groups excluding carboxylic acids is 1. The molecule has 3 heteroatoms. The van der Waals surface area contributed by atoms with Gasteiger partial charge in [0.2, 0.25) is 0 Å². The highest BCUT2D eigenvalue weighted by Crippen LogP contribution is 2.23. The van der Waals surface area contributed by atoms with Gasteiger partial charge in [-0.2, -0.15) is 0 Å². The molecule has 20 heavy (non-hydrogen) atoms. The van der Waals surface area contributed by atoms with Crippen LogP contribution in [0.2, 0.25) is 0 Å². The number of hydrogen-bond donors (Lipinski definition) is 2. The van der Waals surface area contributed by atoms with Crippen molar-refractivity contribution >= 4 is 5.91 Å². The summed E-state index contributed by atoms with van der Waals surface area (Å²) in [6.45, 7) is 1.96. The SMILES string of the molecule is CC(CCO)NC(=O)c1ccccc1-c1ccccc1. The second-order valence-electron chi connectivity index (χ2n) is 4.80. The largest absolute Gasteiger partial charge is 0.396 e. The number of aliphatic hydroxyl groups is 1. The summed E-state index contributed by atoms with van der Waals surface area (Å²) in [6, 6.07) is 17.4. The molecular formula is C17H19NO2. The third kappa shape index (κ3) is 3.45. The highest BCUT2D eigenvalue weighted by atomic mass is 16.3. The normalized spacial score (nSPS) is 11.9. The lowest BCUT2D eigenvalue weighted by molar-refractivity contribution is 0.0935. The van der Waals surface area contributed by atoms with Crippen LogP contribution in [-0.4, -0.2) is 23.7 Å². The van der Waals surface area contributed by atoms with Crippen LogP contribution in [0.15, 0.2) is 54.6 Å². The Kier molecular flexibility index (Phi) is 4.91. The van der Waals surface area contributed by atoms with Gasteiger partial charge >= 0.3 is 0 Å². The molecule has 0 aliphatic carbocycles. The number of aliphatic hydroxyl groups excluding tert-OH is 1. The van der Waals surface area contributed by atoms with Crippen molar-refractivity contribution in [3.63, 3.8) is 0 Å². The van der Waals surface area contributed by atoms with Crippen LogP contribution in [0.1, 0.15) is 23.7 Å². The highest BCUT2D eigenvalue weighted by Gasteiger charge is 2.13. The van der Waals surface area contributed by atoms with E-state index in [4.69, 9.17) is 5.11 Å². The van der Waals surface area contributed by atoms with Crippen molar-refractivity contribution in [3.05, 3.63) is 60.2 Å². The third-order valence-corrected chi connectivity index (χ3v) is 3.20. The summed E-state index contributed by atoms with van der Waals surface area (Å²) in [5, 5.41) is 11.8. The molecule has 0 aliphatic heterocycles. The number of rotatable bonds is 5. The van der Waals surface area contributed by atoms with E-state index in [0.29, 0.717) is 12.0 Å². The molecule has 2 rings (SSSR count). The fourth-order valence-electron chi connectivity index (χ4n) is 2.12. The number of benzene rings is 2. The van der Waals surface area contributed by atoms with E-state index < -0.39 is 0 Å². The average molecular weight is 269 g/mol. The van der Waals surface area contributed by atoms with Gasteiger partial charge in [-0.25, -0.2) is 0 Å². The molecule has 2 N–H and O–H groups in total. The smallest absolute Gasteiger partial charge is 0.252 e. The average Bonchev–Trinajstić information content (AvgIpc) is 2.48. The second-order valence-corrected chi connectivity index (χ2v) is 4.80. The van der Waals surface area contributed by atoms with Crippen LogP contribution in [0, 0.1) is 0 Å². The summed E-state index contributed by atoms with van der Waals surface area (Å²) in [5.74, 6) is -0.106. The predicted octanol–water partition coefficient (Wildman–Crippen LogP) is 2.85. The van der Waals surface area contributed by atoms with Crippen molar-refractivity contribution in [1.82, 2.24) is 5.32 Å². The predicted molar refractivity (Wildman–Crippen MR) is 80.5 cm³/mol. The zero-order chi connectivity index (χ0) is 14.4. The molecule has 0 radical (unpaired) electrons. The van der Waals surface area contributed by atoms with Crippen LogP contribution in [0.25, 0.3) is 11.1 Å². The Morgan fingerprint density at radius 2 is 1.75 bits per heavy atom. The Morgan fingerprint density at radius 1 is 1.10 bits per heavy atom. The van der Waals surface area contributed by atoms with Gasteiger partial charge in [-0.3, -0.25) is 4.79 Å². The number of amides is 1. The molecule has 104 valence electrons. The van der Waals surface area contributed by atoms with E-state index in [0.717, 1.165) is 11.1 Å². The minimum Gasteiger partial charge on any atom is -0.396 e. The molecule has 0 saturated heterocycles. The van der Waals surface area contributed by atoms with Gasteiger partial charge in [-0.15, -0.1) is 0 Å². The summed E-state index contributed by atoms with van der Waals surface area (Å²) < 4.78 is 0. The van der Waals surface area contributed by atoms with Crippen molar-refractivity contribution in [3.8, 4) is 11.1 Å². The summed E-state index contributed by atoms with van der Waals surface area (Å²) in [7, 11) is 0. The molecule has 0 heterocycles. The van der Waals surface area contributed by atoms with Gasteiger partial charge in [0.05, 0.1) is 0 Å². The van der Waals surface area contributed by atoms with E-state index in [9.17, 15) is 4.79 Å². The monoisotopic (exact) mass is 269 g/mol. The Hall–Kier alpha value is -2.13. The molecule has 2 aromatic carbocycles. The maximum atomic E-state index is 12.3. The molecule has 2 aromatic rings. The zero-order valence-electron chi connectivity index (χ0n) is 11.5. The molecule has 0 aliphatic rings.